The first kappa shape index (κ1) is 18.6. The van der Waals surface area contributed by atoms with Crippen molar-refractivity contribution in [1.29, 1.82) is 0 Å². The molecule has 5 heteroatoms. The molecule has 1 saturated heterocycles. The lowest BCUT2D eigenvalue weighted by Crippen LogP contribution is -2.45. The molecular weight excluding hydrogens is 356 g/mol. The predicted molar refractivity (Wildman–Crippen MR) is 98.5 cm³/mol. The maximum atomic E-state index is 5.68. The van der Waals surface area contributed by atoms with Crippen LogP contribution in [-0.2, 0) is 0 Å². The van der Waals surface area contributed by atoms with Crippen molar-refractivity contribution in [3.05, 3.63) is 22.2 Å². The first-order valence-corrected chi connectivity index (χ1v) is 9.22. The number of nitrogens with one attached hydrogen (secondary N) is 1. The van der Waals surface area contributed by atoms with Gasteiger partial charge in [-0.15, -0.1) is 0 Å². The third-order valence-electron chi connectivity index (χ3n) is 4.47. The Labute approximate surface area is 148 Å². The minimum atomic E-state index is 0.372. The van der Waals surface area contributed by atoms with Crippen LogP contribution in [0.3, 0.4) is 0 Å². The number of piperazine rings is 1. The van der Waals surface area contributed by atoms with E-state index in [4.69, 9.17) is 9.47 Å². The Morgan fingerprint density at radius 2 is 1.74 bits per heavy atom. The molecular formula is C18H29BrN2O2. The molecule has 1 aliphatic heterocycles. The molecule has 2 rings (SSSR count). The van der Waals surface area contributed by atoms with Crippen molar-refractivity contribution in [2.24, 2.45) is 5.92 Å². The van der Waals surface area contributed by atoms with E-state index in [1.807, 2.05) is 6.07 Å². The van der Waals surface area contributed by atoms with Crippen molar-refractivity contribution in [2.75, 3.05) is 40.4 Å². The Hall–Kier alpha value is -0.780. The van der Waals surface area contributed by atoms with E-state index in [1.165, 1.54) is 12.0 Å². The molecule has 0 aromatic heterocycles. The van der Waals surface area contributed by atoms with E-state index in [1.54, 1.807) is 14.2 Å². The molecule has 23 heavy (non-hydrogen) atoms. The summed E-state index contributed by atoms with van der Waals surface area (Å²) in [5.74, 6) is 2.50. The van der Waals surface area contributed by atoms with Crippen molar-refractivity contribution in [2.45, 2.75) is 32.7 Å². The lowest BCUT2D eigenvalue weighted by atomic mass is 9.95. The molecule has 1 aromatic carbocycles. The molecule has 1 aliphatic rings. The number of nitrogens with zero attached hydrogens (tertiary/aromatic N) is 1. The third-order valence-corrected chi connectivity index (χ3v) is 5.09. The number of ether oxygens (including phenoxy) is 2. The smallest absolute Gasteiger partial charge is 0.133 e. The lowest BCUT2D eigenvalue weighted by Gasteiger charge is -2.36. The van der Waals surface area contributed by atoms with E-state index in [0.717, 1.165) is 48.6 Å². The normalized spacial score (nSPS) is 17.3. The molecule has 0 spiro atoms. The maximum Gasteiger partial charge on any atom is 0.133 e. The largest absolute Gasteiger partial charge is 0.496 e. The zero-order valence-corrected chi connectivity index (χ0v) is 16.3. The SMILES string of the molecule is COc1cc([C@@H](CCC(C)C)N2CCNCC2)c(OC)cc1Br. The highest BCUT2D eigenvalue weighted by Gasteiger charge is 2.26. The Morgan fingerprint density at radius 1 is 1.09 bits per heavy atom. The van der Waals surface area contributed by atoms with Crippen LogP contribution >= 0.6 is 15.9 Å². The average Bonchev–Trinajstić information content (AvgIpc) is 2.56. The quantitative estimate of drug-likeness (QED) is 0.773. The summed E-state index contributed by atoms with van der Waals surface area (Å²) in [6.45, 7) is 8.82. The van der Waals surface area contributed by atoms with Gasteiger partial charge in [-0.05, 0) is 46.8 Å². The van der Waals surface area contributed by atoms with Crippen LogP contribution in [0.15, 0.2) is 16.6 Å². The van der Waals surface area contributed by atoms with E-state index in [9.17, 15) is 0 Å². The van der Waals surface area contributed by atoms with Crippen molar-refractivity contribution in [3.63, 3.8) is 0 Å². The highest BCUT2D eigenvalue weighted by Crippen LogP contribution is 2.40. The first-order chi connectivity index (χ1) is 11.1. The van der Waals surface area contributed by atoms with Crippen LogP contribution in [0.1, 0.15) is 38.3 Å². The van der Waals surface area contributed by atoms with Crippen molar-refractivity contribution in [3.8, 4) is 11.5 Å². The van der Waals surface area contributed by atoms with Crippen LogP contribution in [0.2, 0.25) is 0 Å². The van der Waals surface area contributed by atoms with E-state index in [2.05, 4.69) is 46.1 Å². The van der Waals surface area contributed by atoms with E-state index >= 15 is 0 Å². The Bertz CT molecular complexity index is 502. The fraction of sp³-hybridized carbons (Fsp3) is 0.667. The summed E-state index contributed by atoms with van der Waals surface area (Å²) in [6.07, 6.45) is 2.34. The highest BCUT2D eigenvalue weighted by molar-refractivity contribution is 9.10. The van der Waals surface area contributed by atoms with Gasteiger partial charge < -0.3 is 14.8 Å². The second kappa shape index (κ2) is 8.90. The Morgan fingerprint density at radius 3 is 2.30 bits per heavy atom. The molecule has 0 bridgehead atoms. The minimum absolute atomic E-state index is 0.372. The van der Waals surface area contributed by atoms with E-state index < -0.39 is 0 Å². The fourth-order valence-electron chi connectivity index (χ4n) is 3.16. The van der Waals surface area contributed by atoms with Gasteiger partial charge in [0.05, 0.1) is 18.7 Å². The van der Waals surface area contributed by atoms with Gasteiger partial charge in [-0.2, -0.15) is 0 Å². The van der Waals surface area contributed by atoms with E-state index in [-0.39, 0.29) is 0 Å². The van der Waals surface area contributed by atoms with Crippen molar-refractivity contribution >= 4 is 15.9 Å². The Kier molecular flexibility index (Phi) is 7.18. The van der Waals surface area contributed by atoms with Crippen LogP contribution in [0.5, 0.6) is 11.5 Å². The summed E-state index contributed by atoms with van der Waals surface area (Å²) in [7, 11) is 3.46. The number of halogens is 1. The van der Waals surface area contributed by atoms with E-state index in [0.29, 0.717) is 12.0 Å². The maximum absolute atomic E-state index is 5.68. The number of hydrogen-bond donors (Lipinski definition) is 1. The van der Waals surface area contributed by atoms with Crippen molar-refractivity contribution < 1.29 is 9.47 Å². The lowest BCUT2D eigenvalue weighted by molar-refractivity contribution is 0.157. The molecule has 4 nitrogen and oxygen atoms in total. The third kappa shape index (κ3) is 4.85. The summed E-state index contributed by atoms with van der Waals surface area (Å²) in [5.41, 5.74) is 1.23. The second-order valence-corrected chi connectivity index (χ2v) is 7.36. The summed E-state index contributed by atoms with van der Waals surface area (Å²) in [4.78, 5) is 2.57. The zero-order chi connectivity index (χ0) is 16.8. The minimum Gasteiger partial charge on any atom is -0.496 e. The van der Waals surface area contributed by atoms with Crippen LogP contribution in [0.4, 0.5) is 0 Å². The molecule has 0 unspecified atom stereocenters. The zero-order valence-electron chi connectivity index (χ0n) is 14.7. The molecule has 0 radical (unpaired) electrons. The molecule has 1 heterocycles. The summed E-state index contributed by atoms with van der Waals surface area (Å²) >= 11 is 3.56. The van der Waals surface area contributed by atoms with Gasteiger partial charge in [0.2, 0.25) is 0 Å². The molecule has 0 aliphatic carbocycles. The van der Waals surface area contributed by atoms with Crippen LogP contribution in [0.25, 0.3) is 0 Å². The summed E-state index contributed by atoms with van der Waals surface area (Å²) < 4.78 is 12.1. The second-order valence-electron chi connectivity index (χ2n) is 6.50. The van der Waals surface area contributed by atoms with Crippen LogP contribution < -0.4 is 14.8 Å². The first-order valence-electron chi connectivity index (χ1n) is 8.43. The van der Waals surface area contributed by atoms with Gasteiger partial charge in [0.1, 0.15) is 11.5 Å². The topological polar surface area (TPSA) is 33.7 Å². The van der Waals surface area contributed by atoms with Gasteiger partial charge >= 0.3 is 0 Å². The number of benzene rings is 1. The summed E-state index contributed by atoms with van der Waals surface area (Å²) in [5, 5.41) is 3.44. The molecule has 1 fully saturated rings. The Balaban J connectivity index is 2.35. The number of methoxy groups -OCH3 is 2. The fourth-order valence-corrected chi connectivity index (χ4v) is 3.65. The van der Waals surface area contributed by atoms with Gasteiger partial charge in [0, 0.05) is 37.8 Å². The summed E-state index contributed by atoms with van der Waals surface area (Å²) in [6, 6.07) is 4.53. The molecule has 1 aromatic rings. The standard InChI is InChI=1S/C18H29BrN2O2/c1-13(2)5-6-16(21-9-7-20-8-10-21)14-11-18(23-4)15(19)12-17(14)22-3/h11-13,16,20H,5-10H2,1-4H3/t16-/m1/s1. The van der Waals surface area contributed by atoms with Gasteiger partial charge in [-0.1, -0.05) is 13.8 Å². The molecule has 1 N–H and O–H groups in total. The van der Waals surface area contributed by atoms with Crippen LogP contribution in [0, 0.1) is 5.92 Å². The van der Waals surface area contributed by atoms with Gasteiger partial charge in [-0.25, -0.2) is 0 Å². The average molecular weight is 385 g/mol. The van der Waals surface area contributed by atoms with Crippen molar-refractivity contribution in [1.82, 2.24) is 10.2 Å². The van der Waals surface area contributed by atoms with Crippen LogP contribution in [-0.4, -0.2) is 45.3 Å². The molecule has 1 atom stereocenters. The molecule has 0 saturated carbocycles. The monoisotopic (exact) mass is 384 g/mol. The number of rotatable bonds is 7. The van der Waals surface area contributed by atoms with Gasteiger partial charge in [-0.3, -0.25) is 4.90 Å². The predicted octanol–water partition coefficient (Wildman–Crippen LogP) is 3.85. The number of hydrogen-bond acceptors (Lipinski definition) is 4. The molecule has 0 amide bonds. The highest BCUT2D eigenvalue weighted by atomic mass is 79.9. The van der Waals surface area contributed by atoms with Gasteiger partial charge in [0.15, 0.2) is 0 Å². The molecule has 130 valence electrons. The van der Waals surface area contributed by atoms with Gasteiger partial charge in [0.25, 0.3) is 0 Å².